The molecule has 1 unspecified atom stereocenters. The van der Waals surface area contributed by atoms with E-state index < -0.39 is 6.10 Å². The Morgan fingerprint density at radius 3 is 2.83 bits per heavy atom. The summed E-state index contributed by atoms with van der Waals surface area (Å²) in [5.41, 5.74) is 0.698. The number of aryl methyl sites for hydroxylation is 1. The van der Waals surface area contributed by atoms with Crippen molar-refractivity contribution in [2.45, 2.75) is 12.5 Å². The zero-order valence-electron chi connectivity index (χ0n) is 6.74. The summed E-state index contributed by atoms with van der Waals surface area (Å²) in [6, 6.07) is 0. The fraction of sp³-hybridized carbons (Fsp3) is 0.571. The Hall–Kier alpha value is -0.390. The first kappa shape index (κ1) is 9.70. The number of halogens is 1. The summed E-state index contributed by atoms with van der Waals surface area (Å²) < 4.78 is 2.36. The molecule has 5 heteroatoms. The molecule has 0 aromatic carbocycles. The number of rotatable bonds is 3. The average Bonchev–Trinajstić information content (AvgIpc) is 2.32. The van der Waals surface area contributed by atoms with Gasteiger partial charge < -0.3 is 10.2 Å². The summed E-state index contributed by atoms with van der Waals surface area (Å²) in [7, 11) is 1.75. The summed E-state index contributed by atoms with van der Waals surface area (Å²) in [5, 5.41) is 22.1. The number of hydrogen-bond donors (Lipinski definition) is 2. The van der Waals surface area contributed by atoms with Crippen LogP contribution in [-0.2, 0) is 7.05 Å². The minimum Gasteiger partial charge on any atom is -0.396 e. The van der Waals surface area contributed by atoms with Gasteiger partial charge in [-0.15, -0.1) is 0 Å². The van der Waals surface area contributed by atoms with Gasteiger partial charge in [-0.2, -0.15) is 5.10 Å². The second kappa shape index (κ2) is 4.02. The minimum atomic E-state index is -0.656. The lowest BCUT2D eigenvalue weighted by Crippen LogP contribution is -2.07. The molecule has 0 aliphatic carbocycles. The van der Waals surface area contributed by atoms with Crippen LogP contribution < -0.4 is 0 Å². The molecule has 12 heavy (non-hydrogen) atoms. The first-order valence-corrected chi connectivity index (χ1v) is 4.42. The molecule has 0 fully saturated rings. The molecule has 2 N–H and O–H groups in total. The minimum absolute atomic E-state index is 0.0290. The van der Waals surface area contributed by atoms with Crippen molar-refractivity contribution in [1.82, 2.24) is 9.78 Å². The van der Waals surface area contributed by atoms with Gasteiger partial charge in [0.1, 0.15) is 0 Å². The highest BCUT2D eigenvalue weighted by atomic mass is 79.9. The molecule has 0 aliphatic heterocycles. The van der Waals surface area contributed by atoms with Crippen LogP contribution in [0.1, 0.15) is 18.2 Å². The molecule has 68 valence electrons. The number of aromatic nitrogens is 2. The molecule has 0 saturated heterocycles. The van der Waals surface area contributed by atoms with Crippen molar-refractivity contribution in [2.24, 2.45) is 7.05 Å². The first-order valence-electron chi connectivity index (χ1n) is 3.63. The highest BCUT2D eigenvalue weighted by Crippen LogP contribution is 2.24. The van der Waals surface area contributed by atoms with Gasteiger partial charge in [0.15, 0.2) is 0 Å². The van der Waals surface area contributed by atoms with Crippen LogP contribution in [0.3, 0.4) is 0 Å². The number of aliphatic hydroxyl groups is 2. The van der Waals surface area contributed by atoms with Gasteiger partial charge >= 0.3 is 0 Å². The molecule has 0 saturated carbocycles. The van der Waals surface area contributed by atoms with E-state index in [4.69, 9.17) is 5.11 Å². The van der Waals surface area contributed by atoms with Gasteiger partial charge in [-0.25, -0.2) is 0 Å². The van der Waals surface area contributed by atoms with E-state index in [9.17, 15) is 5.11 Å². The van der Waals surface area contributed by atoms with E-state index in [1.54, 1.807) is 17.9 Å². The molecule has 0 bridgehead atoms. The molecule has 0 spiro atoms. The number of nitrogens with zero attached hydrogens (tertiary/aromatic N) is 2. The van der Waals surface area contributed by atoms with Crippen LogP contribution in [0.5, 0.6) is 0 Å². The van der Waals surface area contributed by atoms with Gasteiger partial charge in [0.25, 0.3) is 0 Å². The highest BCUT2D eigenvalue weighted by molar-refractivity contribution is 9.10. The zero-order valence-corrected chi connectivity index (χ0v) is 8.32. The van der Waals surface area contributed by atoms with Gasteiger partial charge in [0.2, 0.25) is 0 Å². The van der Waals surface area contributed by atoms with Crippen LogP contribution in [-0.4, -0.2) is 26.6 Å². The Morgan fingerprint density at radius 2 is 2.42 bits per heavy atom. The molecule has 1 rings (SSSR count). The van der Waals surface area contributed by atoms with Crippen LogP contribution in [0.2, 0.25) is 0 Å². The molecule has 0 radical (unpaired) electrons. The second-order valence-corrected chi connectivity index (χ2v) is 3.38. The van der Waals surface area contributed by atoms with E-state index in [1.807, 2.05) is 0 Å². The first-order chi connectivity index (χ1) is 5.66. The van der Waals surface area contributed by atoms with Gasteiger partial charge in [-0.05, 0) is 15.9 Å². The van der Waals surface area contributed by atoms with Crippen molar-refractivity contribution in [1.29, 1.82) is 0 Å². The van der Waals surface area contributed by atoms with E-state index >= 15 is 0 Å². The monoisotopic (exact) mass is 234 g/mol. The summed E-state index contributed by atoms with van der Waals surface area (Å²) in [5.74, 6) is 0. The second-order valence-electron chi connectivity index (χ2n) is 2.53. The third-order valence-electron chi connectivity index (χ3n) is 1.66. The third kappa shape index (κ3) is 1.85. The molecule has 1 aromatic heterocycles. The molecule has 0 aliphatic rings. The van der Waals surface area contributed by atoms with Crippen molar-refractivity contribution < 1.29 is 10.2 Å². The van der Waals surface area contributed by atoms with Crippen LogP contribution in [0.4, 0.5) is 0 Å². The Labute approximate surface area is 79.0 Å². The van der Waals surface area contributed by atoms with E-state index in [0.29, 0.717) is 12.1 Å². The van der Waals surface area contributed by atoms with E-state index in [1.165, 1.54) is 0 Å². The van der Waals surface area contributed by atoms with Gasteiger partial charge in [0.05, 0.1) is 22.5 Å². The lowest BCUT2D eigenvalue weighted by molar-refractivity contribution is 0.126. The molecule has 0 amide bonds. The summed E-state index contributed by atoms with van der Waals surface area (Å²) in [4.78, 5) is 0. The lowest BCUT2D eigenvalue weighted by atomic mass is 10.2. The smallest absolute Gasteiger partial charge is 0.0989 e. The van der Waals surface area contributed by atoms with Crippen LogP contribution in [0.15, 0.2) is 10.7 Å². The van der Waals surface area contributed by atoms with Gasteiger partial charge in [-0.1, -0.05) is 0 Å². The molecule has 1 heterocycles. The van der Waals surface area contributed by atoms with Crippen molar-refractivity contribution in [2.75, 3.05) is 6.61 Å². The molecule has 1 atom stereocenters. The third-order valence-corrected chi connectivity index (χ3v) is 2.27. The van der Waals surface area contributed by atoms with Crippen molar-refractivity contribution in [3.05, 3.63) is 16.4 Å². The van der Waals surface area contributed by atoms with Gasteiger partial charge in [-0.3, -0.25) is 4.68 Å². The van der Waals surface area contributed by atoms with Crippen molar-refractivity contribution in [3.63, 3.8) is 0 Å². The van der Waals surface area contributed by atoms with E-state index in [0.717, 1.165) is 4.47 Å². The Morgan fingerprint density at radius 1 is 1.75 bits per heavy atom. The summed E-state index contributed by atoms with van der Waals surface area (Å²) >= 11 is 3.26. The Bertz CT molecular complexity index is 242. The fourth-order valence-electron chi connectivity index (χ4n) is 1.05. The Kier molecular flexibility index (Phi) is 3.25. The van der Waals surface area contributed by atoms with Crippen molar-refractivity contribution in [3.8, 4) is 0 Å². The maximum atomic E-state index is 9.52. The molecular formula is C7H11BrN2O2. The highest BCUT2D eigenvalue weighted by Gasteiger charge is 2.14. The number of hydrogen-bond acceptors (Lipinski definition) is 3. The van der Waals surface area contributed by atoms with Crippen LogP contribution in [0, 0.1) is 0 Å². The predicted molar refractivity (Wildman–Crippen MR) is 47.6 cm³/mol. The maximum Gasteiger partial charge on any atom is 0.0989 e. The summed E-state index contributed by atoms with van der Waals surface area (Å²) in [6.07, 6.45) is 1.30. The van der Waals surface area contributed by atoms with Crippen LogP contribution >= 0.6 is 15.9 Å². The molecule has 4 nitrogen and oxygen atoms in total. The largest absolute Gasteiger partial charge is 0.396 e. The van der Waals surface area contributed by atoms with E-state index in [-0.39, 0.29) is 6.61 Å². The van der Waals surface area contributed by atoms with Crippen LogP contribution in [0.25, 0.3) is 0 Å². The Balaban J connectivity index is 2.85. The molecular weight excluding hydrogens is 224 g/mol. The average molecular weight is 235 g/mol. The molecule has 1 aromatic rings. The van der Waals surface area contributed by atoms with E-state index in [2.05, 4.69) is 21.0 Å². The quantitative estimate of drug-likeness (QED) is 0.806. The SMILES string of the molecule is Cn1ncc(Br)c1C(O)CCO. The summed E-state index contributed by atoms with van der Waals surface area (Å²) in [6.45, 7) is -0.0290. The topological polar surface area (TPSA) is 58.3 Å². The van der Waals surface area contributed by atoms with Gasteiger partial charge in [0, 0.05) is 20.1 Å². The number of aliphatic hydroxyl groups excluding tert-OH is 2. The van der Waals surface area contributed by atoms with Crippen molar-refractivity contribution >= 4 is 15.9 Å². The predicted octanol–water partition coefficient (Wildman–Crippen LogP) is 0.598. The normalized spacial score (nSPS) is 13.3. The lowest BCUT2D eigenvalue weighted by Gasteiger charge is -2.09. The fourth-order valence-corrected chi connectivity index (χ4v) is 1.67. The standard InChI is InChI=1S/C7H11BrN2O2/c1-10-7(5(8)4-9-10)6(12)2-3-11/h4,6,11-12H,2-3H2,1H3. The maximum absolute atomic E-state index is 9.52. The zero-order chi connectivity index (χ0) is 9.14.